The quantitative estimate of drug-likeness (QED) is 0.109. The summed E-state index contributed by atoms with van der Waals surface area (Å²) in [5, 5.41) is 33.9. The van der Waals surface area contributed by atoms with Crippen LogP contribution in [0.3, 0.4) is 0 Å². The van der Waals surface area contributed by atoms with Crippen molar-refractivity contribution >= 4 is 78.5 Å². The lowest BCUT2D eigenvalue weighted by Crippen LogP contribution is -2.13. The van der Waals surface area contributed by atoms with E-state index in [1.165, 1.54) is 19.2 Å². The second-order valence-electron chi connectivity index (χ2n) is 12.9. The Kier molecular flexibility index (Phi) is 9.58. The van der Waals surface area contributed by atoms with Crippen molar-refractivity contribution < 1.29 is 24.2 Å². The summed E-state index contributed by atoms with van der Waals surface area (Å²) in [4.78, 5) is 40.9. The number of hydrogen-bond donors (Lipinski definition) is 4. The van der Waals surface area contributed by atoms with Gasteiger partial charge in [-0.25, -0.2) is 0 Å². The SMILES string of the molecule is COc1ccc(C(=O)Nc2ccccc2)cc1/N=N/c1c(O)c(C(=O)Nc2cccc3ccccc23)cc2cc(C(=O)Nc3cccc4ccccc34)ccc12. The van der Waals surface area contributed by atoms with Crippen LogP contribution in [0.4, 0.5) is 28.4 Å². The van der Waals surface area contributed by atoms with Crippen molar-refractivity contribution in [2.24, 2.45) is 10.2 Å². The van der Waals surface area contributed by atoms with Crippen molar-refractivity contribution in [3.05, 3.63) is 174 Å². The Morgan fingerprint density at radius 1 is 0.518 bits per heavy atom. The minimum atomic E-state index is -0.597. The summed E-state index contributed by atoms with van der Waals surface area (Å²) in [6, 6.07) is 46.8. The molecule has 10 heteroatoms. The van der Waals surface area contributed by atoms with Gasteiger partial charge in [0.25, 0.3) is 17.7 Å². The Labute approximate surface area is 321 Å². The number of azo groups is 1. The van der Waals surface area contributed by atoms with Crippen LogP contribution in [0.25, 0.3) is 32.3 Å². The van der Waals surface area contributed by atoms with Crippen LogP contribution >= 0.6 is 0 Å². The third kappa shape index (κ3) is 7.10. The van der Waals surface area contributed by atoms with E-state index in [1.807, 2.05) is 97.1 Å². The van der Waals surface area contributed by atoms with E-state index in [4.69, 9.17) is 4.74 Å². The van der Waals surface area contributed by atoms with Gasteiger partial charge in [0.05, 0.1) is 12.7 Å². The van der Waals surface area contributed by atoms with Crippen LogP contribution in [-0.2, 0) is 0 Å². The molecule has 0 bridgehead atoms. The smallest absolute Gasteiger partial charge is 0.259 e. The number of carbonyl (C=O) groups excluding carboxylic acids is 3. The third-order valence-electron chi connectivity index (χ3n) is 9.40. The number of amides is 3. The summed E-state index contributed by atoms with van der Waals surface area (Å²) in [7, 11) is 1.47. The largest absolute Gasteiger partial charge is 0.505 e. The molecule has 0 aliphatic rings. The average molecular weight is 736 g/mol. The number of anilines is 3. The Bertz CT molecular complexity index is 2840. The van der Waals surface area contributed by atoms with Gasteiger partial charge in [-0.15, -0.1) is 10.2 Å². The van der Waals surface area contributed by atoms with Gasteiger partial charge in [-0.3, -0.25) is 14.4 Å². The zero-order valence-corrected chi connectivity index (χ0v) is 30.0. The Balaban J connectivity index is 1.20. The minimum Gasteiger partial charge on any atom is -0.505 e. The molecule has 8 aromatic rings. The number of phenols is 1. The fourth-order valence-corrected chi connectivity index (χ4v) is 6.58. The van der Waals surface area contributed by atoms with Crippen molar-refractivity contribution in [3.63, 3.8) is 0 Å². The molecule has 0 saturated carbocycles. The molecule has 0 saturated heterocycles. The third-order valence-corrected chi connectivity index (χ3v) is 9.40. The normalized spacial score (nSPS) is 11.2. The van der Waals surface area contributed by atoms with Crippen LogP contribution in [0.2, 0.25) is 0 Å². The van der Waals surface area contributed by atoms with Gasteiger partial charge in [0.15, 0.2) is 5.75 Å². The predicted molar refractivity (Wildman–Crippen MR) is 221 cm³/mol. The number of hydrogen-bond acceptors (Lipinski definition) is 7. The van der Waals surface area contributed by atoms with Gasteiger partial charge in [-0.05, 0) is 76.8 Å². The number of nitrogens with zero attached hydrogens (tertiary/aromatic N) is 2. The summed E-state index contributed by atoms with van der Waals surface area (Å²) in [6.45, 7) is 0. The lowest BCUT2D eigenvalue weighted by Gasteiger charge is -2.14. The molecule has 3 amide bonds. The first-order chi connectivity index (χ1) is 27.4. The molecule has 272 valence electrons. The summed E-state index contributed by atoms with van der Waals surface area (Å²) in [5.74, 6) is -1.43. The van der Waals surface area contributed by atoms with Gasteiger partial charge in [-0.1, -0.05) is 97.1 Å². The summed E-state index contributed by atoms with van der Waals surface area (Å²) >= 11 is 0. The first-order valence-electron chi connectivity index (χ1n) is 17.7. The van der Waals surface area contributed by atoms with Gasteiger partial charge in [0.2, 0.25) is 0 Å². The van der Waals surface area contributed by atoms with Crippen molar-refractivity contribution in [3.8, 4) is 11.5 Å². The molecule has 0 fully saturated rings. The number of methoxy groups -OCH3 is 1. The number of carbonyl (C=O) groups is 3. The van der Waals surface area contributed by atoms with Crippen molar-refractivity contribution in [2.45, 2.75) is 0 Å². The summed E-state index contributed by atoms with van der Waals surface area (Å²) < 4.78 is 5.53. The van der Waals surface area contributed by atoms with Crippen LogP contribution in [0.15, 0.2) is 168 Å². The number of nitrogens with one attached hydrogen (secondary N) is 3. The van der Waals surface area contributed by atoms with Gasteiger partial charge >= 0.3 is 0 Å². The highest BCUT2D eigenvalue weighted by molar-refractivity contribution is 6.16. The van der Waals surface area contributed by atoms with Crippen LogP contribution in [0.1, 0.15) is 31.1 Å². The molecule has 0 radical (unpaired) electrons. The van der Waals surface area contributed by atoms with Gasteiger partial charge in [0, 0.05) is 44.3 Å². The number of benzene rings is 8. The van der Waals surface area contributed by atoms with E-state index >= 15 is 0 Å². The number of aromatic hydroxyl groups is 1. The fraction of sp³-hybridized carbons (Fsp3) is 0.0217. The van der Waals surface area contributed by atoms with Crippen LogP contribution in [0, 0.1) is 0 Å². The number of fused-ring (bicyclic) bond motifs is 3. The zero-order valence-electron chi connectivity index (χ0n) is 30.0. The van der Waals surface area contributed by atoms with E-state index in [0.29, 0.717) is 44.7 Å². The minimum absolute atomic E-state index is 0.0206. The lowest BCUT2D eigenvalue weighted by atomic mass is 10.00. The number of phenolic OH excluding ortho intramolecular Hbond substituents is 1. The topological polar surface area (TPSA) is 141 Å². The molecule has 8 rings (SSSR count). The van der Waals surface area contributed by atoms with Crippen LogP contribution in [0.5, 0.6) is 11.5 Å². The molecule has 0 unspecified atom stereocenters. The Morgan fingerprint density at radius 2 is 1.09 bits per heavy atom. The number of para-hydroxylation sites is 1. The number of ether oxygens (including phenoxy) is 1. The average Bonchev–Trinajstić information content (AvgIpc) is 3.23. The molecule has 8 aromatic carbocycles. The predicted octanol–water partition coefficient (Wildman–Crippen LogP) is 11.0. The van der Waals surface area contributed by atoms with E-state index in [2.05, 4.69) is 26.2 Å². The van der Waals surface area contributed by atoms with E-state index in [9.17, 15) is 19.5 Å². The Morgan fingerprint density at radius 3 is 1.77 bits per heavy atom. The van der Waals surface area contributed by atoms with E-state index < -0.39 is 11.7 Å². The van der Waals surface area contributed by atoms with Crippen LogP contribution < -0.4 is 20.7 Å². The van der Waals surface area contributed by atoms with Crippen molar-refractivity contribution in [2.75, 3.05) is 23.1 Å². The highest BCUT2D eigenvalue weighted by atomic mass is 16.5. The lowest BCUT2D eigenvalue weighted by molar-refractivity contribution is 0.101. The molecule has 0 aliphatic carbocycles. The molecule has 4 N–H and O–H groups in total. The first kappa shape index (κ1) is 35.2. The van der Waals surface area contributed by atoms with E-state index in [-0.39, 0.29) is 28.8 Å². The second kappa shape index (κ2) is 15.2. The van der Waals surface area contributed by atoms with E-state index in [0.717, 1.165) is 21.5 Å². The highest BCUT2D eigenvalue weighted by Gasteiger charge is 2.21. The standard InChI is InChI=1S/C46H33N5O5/c1-56-41-24-22-31(44(53)47-33-15-3-2-4-16-33)27-40(41)50-51-42-36-23-21-30(45(54)48-38-19-9-13-28-11-5-7-17-34(28)38)25-32(36)26-37(43(42)52)46(55)49-39-20-10-14-29-12-6-8-18-35(29)39/h2-27,52H,1H3,(H,47,53)(H,48,54)(H,49,55)/b51-50+. The molecular weight excluding hydrogens is 703 g/mol. The maximum Gasteiger partial charge on any atom is 0.259 e. The molecular formula is C46H33N5O5. The van der Waals surface area contributed by atoms with Gasteiger partial charge < -0.3 is 25.8 Å². The van der Waals surface area contributed by atoms with Crippen LogP contribution in [-0.4, -0.2) is 29.9 Å². The van der Waals surface area contributed by atoms with Crippen molar-refractivity contribution in [1.82, 2.24) is 0 Å². The summed E-state index contributed by atoms with van der Waals surface area (Å²) in [6.07, 6.45) is 0. The van der Waals surface area contributed by atoms with E-state index in [1.54, 1.807) is 48.5 Å². The number of rotatable bonds is 9. The van der Waals surface area contributed by atoms with Gasteiger partial charge in [0.1, 0.15) is 17.1 Å². The zero-order chi connectivity index (χ0) is 38.6. The molecule has 0 atom stereocenters. The maximum absolute atomic E-state index is 14.0. The monoisotopic (exact) mass is 735 g/mol. The molecule has 0 aromatic heterocycles. The Hall–Kier alpha value is -7.85. The molecule has 0 heterocycles. The second-order valence-corrected chi connectivity index (χ2v) is 12.9. The fourth-order valence-electron chi connectivity index (χ4n) is 6.58. The van der Waals surface area contributed by atoms with Gasteiger partial charge in [-0.2, -0.15) is 0 Å². The van der Waals surface area contributed by atoms with Crippen molar-refractivity contribution in [1.29, 1.82) is 0 Å². The maximum atomic E-state index is 14.0. The molecule has 0 aliphatic heterocycles. The molecule has 0 spiro atoms. The highest BCUT2D eigenvalue weighted by Crippen LogP contribution is 2.41. The summed E-state index contributed by atoms with van der Waals surface area (Å²) in [5.41, 5.74) is 2.53. The molecule has 10 nitrogen and oxygen atoms in total. The molecule has 56 heavy (non-hydrogen) atoms. The first-order valence-corrected chi connectivity index (χ1v) is 17.7.